The van der Waals surface area contributed by atoms with E-state index in [1.165, 1.54) is 30.2 Å². The first-order valence-electron chi connectivity index (χ1n) is 9.01. The summed E-state index contributed by atoms with van der Waals surface area (Å²) >= 11 is 1.48. The Balaban J connectivity index is 1.59. The van der Waals surface area contributed by atoms with Crippen LogP contribution in [-0.4, -0.2) is 23.6 Å². The summed E-state index contributed by atoms with van der Waals surface area (Å²) in [6, 6.07) is 15.5. The van der Waals surface area contributed by atoms with Crippen molar-refractivity contribution in [2.45, 2.75) is 43.5 Å². The quantitative estimate of drug-likeness (QED) is 0.743. The summed E-state index contributed by atoms with van der Waals surface area (Å²) in [5, 5.41) is 5.95. The Bertz CT molecular complexity index is 768. The Hall–Kier alpha value is -2.27. The Morgan fingerprint density at radius 3 is 2.46 bits per heavy atom. The molecule has 136 valence electrons. The second kappa shape index (κ2) is 8.90. The number of anilines is 1. The zero-order valence-electron chi connectivity index (χ0n) is 15.0. The van der Waals surface area contributed by atoms with Gasteiger partial charge in [-0.05, 0) is 44.0 Å². The van der Waals surface area contributed by atoms with Crippen LogP contribution in [0, 0.1) is 6.92 Å². The molecule has 0 heterocycles. The van der Waals surface area contributed by atoms with Crippen LogP contribution in [0.4, 0.5) is 5.69 Å². The van der Waals surface area contributed by atoms with Crippen molar-refractivity contribution >= 4 is 29.3 Å². The van der Waals surface area contributed by atoms with Crippen LogP contribution in [0.2, 0.25) is 0 Å². The van der Waals surface area contributed by atoms with Gasteiger partial charge in [0.1, 0.15) is 0 Å². The maximum atomic E-state index is 12.5. The molecule has 0 unspecified atom stereocenters. The van der Waals surface area contributed by atoms with Gasteiger partial charge in [-0.1, -0.05) is 42.7 Å². The molecule has 1 aliphatic carbocycles. The molecule has 1 fully saturated rings. The van der Waals surface area contributed by atoms with Crippen LogP contribution in [0.3, 0.4) is 0 Å². The summed E-state index contributed by atoms with van der Waals surface area (Å²) < 4.78 is 0. The zero-order chi connectivity index (χ0) is 18.4. The Kier molecular flexibility index (Phi) is 6.34. The van der Waals surface area contributed by atoms with Crippen LogP contribution >= 0.6 is 11.8 Å². The van der Waals surface area contributed by atoms with Gasteiger partial charge in [0.2, 0.25) is 5.91 Å². The van der Waals surface area contributed by atoms with Crippen molar-refractivity contribution in [2.24, 2.45) is 0 Å². The van der Waals surface area contributed by atoms with Crippen LogP contribution in [-0.2, 0) is 4.79 Å². The third kappa shape index (κ3) is 5.11. The van der Waals surface area contributed by atoms with Gasteiger partial charge in [0, 0.05) is 10.9 Å². The Morgan fingerprint density at radius 2 is 1.73 bits per heavy atom. The molecular formula is C21H24N2O2S. The Morgan fingerprint density at radius 1 is 1.04 bits per heavy atom. The molecule has 5 heteroatoms. The summed E-state index contributed by atoms with van der Waals surface area (Å²) in [7, 11) is 0. The second-order valence-electron chi connectivity index (χ2n) is 6.65. The third-order valence-corrected chi connectivity index (χ3v) is 5.54. The molecule has 0 bridgehead atoms. The summed E-state index contributed by atoms with van der Waals surface area (Å²) in [6.07, 6.45) is 4.40. The number of hydrogen-bond donors (Lipinski definition) is 2. The fourth-order valence-electron chi connectivity index (χ4n) is 3.09. The highest BCUT2D eigenvalue weighted by atomic mass is 32.2. The van der Waals surface area contributed by atoms with Crippen LogP contribution in [0.25, 0.3) is 0 Å². The number of benzene rings is 2. The minimum absolute atomic E-state index is 0.112. The highest BCUT2D eigenvalue weighted by molar-refractivity contribution is 8.00. The van der Waals surface area contributed by atoms with Crippen LogP contribution in [0.15, 0.2) is 53.4 Å². The van der Waals surface area contributed by atoms with Gasteiger partial charge in [-0.3, -0.25) is 9.59 Å². The lowest BCUT2D eigenvalue weighted by atomic mass is 10.1. The van der Waals surface area contributed by atoms with E-state index < -0.39 is 0 Å². The molecule has 0 spiro atoms. The van der Waals surface area contributed by atoms with E-state index in [1.54, 1.807) is 12.1 Å². The molecule has 0 aromatic heterocycles. The first-order valence-corrected chi connectivity index (χ1v) is 9.99. The van der Waals surface area contributed by atoms with Gasteiger partial charge < -0.3 is 10.6 Å². The van der Waals surface area contributed by atoms with Gasteiger partial charge >= 0.3 is 0 Å². The van der Waals surface area contributed by atoms with Gasteiger partial charge in [0.05, 0.1) is 17.0 Å². The SMILES string of the molecule is Cc1ccc(SCC(=O)Nc2ccccc2C(=O)NC2CCCC2)cc1. The lowest BCUT2D eigenvalue weighted by molar-refractivity contribution is -0.113. The lowest BCUT2D eigenvalue weighted by Crippen LogP contribution is -2.33. The van der Waals surface area contributed by atoms with E-state index in [2.05, 4.69) is 10.6 Å². The van der Waals surface area contributed by atoms with E-state index in [-0.39, 0.29) is 17.9 Å². The molecule has 2 N–H and O–H groups in total. The van der Waals surface area contributed by atoms with Crippen molar-refractivity contribution in [3.63, 3.8) is 0 Å². The third-order valence-electron chi connectivity index (χ3n) is 4.53. The molecule has 0 atom stereocenters. The fraction of sp³-hybridized carbons (Fsp3) is 0.333. The molecule has 2 aromatic carbocycles. The molecule has 1 aliphatic rings. The molecule has 3 rings (SSSR count). The molecule has 0 radical (unpaired) electrons. The molecular weight excluding hydrogens is 344 g/mol. The molecule has 0 saturated heterocycles. The van der Waals surface area contributed by atoms with Gasteiger partial charge in [-0.15, -0.1) is 11.8 Å². The number of thioether (sulfide) groups is 1. The first-order chi connectivity index (χ1) is 12.6. The van der Waals surface area contributed by atoms with Crippen molar-refractivity contribution in [2.75, 3.05) is 11.1 Å². The van der Waals surface area contributed by atoms with Crippen LogP contribution < -0.4 is 10.6 Å². The molecule has 2 aromatic rings. The zero-order valence-corrected chi connectivity index (χ0v) is 15.8. The average molecular weight is 369 g/mol. The average Bonchev–Trinajstić information content (AvgIpc) is 3.14. The minimum atomic E-state index is -0.114. The highest BCUT2D eigenvalue weighted by Gasteiger charge is 2.20. The predicted octanol–water partition coefficient (Wildman–Crippen LogP) is 4.40. The van der Waals surface area contributed by atoms with E-state index in [4.69, 9.17) is 0 Å². The van der Waals surface area contributed by atoms with Crippen molar-refractivity contribution in [3.05, 3.63) is 59.7 Å². The van der Waals surface area contributed by atoms with E-state index in [1.807, 2.05) is 43.3 Å². The molecule has 0 aliphatic heterocycles. The number of nitrogens with one attached hydrogen (secondary N) is 2. The number of carbonyl (C=O) groups excluding carboxylic acids is 2. The van der Waals surface area contributed by atoms with Crippen LogP contribution in [0.5, 0.6) is 0 Å². The number of para-hydroxylation sites is 1. The van der Waals surface area contributed by atoms with Gasteiger partial charge in [0.15, 0.2) is 0 Å². The number of rotatable bonds is 6. The van der Waals surface area contributed by atoms with Crippen molar-refractivity contribution in [1.29, 1.82) is 0 Å². The first kappa shape index (κ1) is 18.5. The largest absolute Gasteiger partial charge is 0.349 e. The normalized spacial score (nSPS) is 14.2. The monoisotopic (exact) mass is 368 g/mol. The molecule has 1 saturated carbocycles. The number of amides is 2. The summed E-state index contributed by atoms with van der Waals surface area (Å²) in [5.41, 5.74) is 2.28. The fourth-order valence-corrected chi connectivity index (χ4v) is 3.79. The molecule has 2 amide bonds. The highest BCUT2D eigenvalue weighted by Crippen LogP contribution is 2.22. The number of aryl methyl sites for hydroxylation is 1. The van der Waals surface area contributed by atoms with E-state index >= 15 is 0 Å². The summed E-state index contributed by atoms with van der Waals surface area (Å²) in [6.45, 7) is 2.04. The molecule has 4 nitrogen and oxygen atoms in total. The molecule has 26 heavy (non-hydrogen) atoms. The lowest BCUT2D eigenvalue weighted by Gasteiger charge is -2.15. The van der Waals surface area contributed by atoms with E-state index in [0.717, 1.165) is 17.7 Å². The number of hydrogen-bond acceptors (Lipinski definition) is 3. The predicted molar refractivity (Wildman–Crippen MR) is 107 cm³/mol. The van der Waals surface area contributed by atoms with Crippen molar-refractivity contribution < 1.29 is 9.59 Å². The van der Waals surface area contributed by atoms with E-state index in [9.17, 15) is 9.59 Å². The van der Waals surface area contributed by atoms with Crippen LogP contribution in [0.1, 0.15) is 41.6 Å². The maximum Gasteiger partial charge on any atom is 0.253 e. The summed E-state index contributed by atoms with van der Waals surface area (Å²) in [4.78, 5) is 25.9. The number of carbonyl (C=O) groups is 2. The Labute approximate surface area is 158 Å². The smallest absolute Gasteiger partial charge is 0.253 e. The second-order valence-corrected chi connectivity index (χ2v) is 7.70. The maximum absolute atomic E-state index is 12.5. The minimum Gasteiger partial charge on any atom is -0.349 e. The topological polar surface area (TPSA) is 58.2 Å². The summed E-state index contributed by atoms with van der Waals surface area (Å²) in [5.74, 6) is 0.0810. The van der Waals surface area contributed by atoms with Gasteiger partial charge in [-0.2, -0.15) is 0 Å². The van der Waals surface area contributed by atoms with Gasteiger partial charge in [-0.25, -0.2) is 0 Å². The standard InChI is InChI=1S/C21H24N2O2S/c1-15-10-12-17(13-11-15)26-14-20(24)23-19-9-5-4-8-18(19)21(25)22-16-6-2-3-7-16/h4-5,8-13,16H,2-3,6-7,14H2,1H3,(H,22,25)(H,23,24). The van der Waals surface area contributed by atoms with Crippen molar-refractivity contribution in [3.8, 4) is 0 Å². The van der Waals surface area contributed by atoms with E-state index in [0.29, 0.717) is 17.0 Å². The van der Waals surface area contributed by atoms with Crippen molar-refractivity contribution in [1.82, 2.24) is 5.32 Å². The van der Waals surface area contributed by atoms with Gasteiger partial charge in [0.25, 0.3) is 5.91 Å².